The summed E-state index contributed by atoms with van der Waals surface area (Å²) in [6.45, 7) is 11.8. The van der Waals surface area contributed by atoms with Crippen LogP contribution in [0.3, 0.4) is 0 Å². The average Bonchev–Trinajstić information content (AvgIpc) is 3.76. The normalized spacial score (nSPS) is 27.7. The fourth-order valence-corrected chi connectivity index (χ4v) is 7.89. The Morgan fingerprint density at radius 3 is 2.33 bits per heavy atom. The van der Waals surface area contributed by atoms with E-state index in [-0.39, 0.29) is 47.8 Å². The van der Waals surface area contributed by atoms with Crippen molar-refractivity contribution >= 4 is 47.3 Å². The van der Waals surface area contributed by atoms with Crippen LogP contribution in [0.1, 0.15) is 90.2 Å². The molecular weight excluding hydrogens is 584 g/mol. The third-order valence-electron chi connectivity index (χ3n) is 10.5. The Kier molecular flexibility index (Phi) is 7.94. The number of ether oxygens (including phenoxy) is 2. The van der Waals surface area contributed by atoms with Crippen molar-refractivity contribution in [2.24, 2.45) is 23.7 Å². The van der Waals surface area contributed by atoms with Crippen molar-refractivity contribution in [3.63, 3.8) is 0 Å². The number of rotatable bonds is 6. The van der Waals surface area contributed by atoms with Gasteiger partial charge in [-0.1, -0.05) is 27.2 Å². The highest BCUT2D eigenvalue weighted by molar-refractivity contribution is 6.20. The second-order valence-corrected chi connectivity index (χ2v) is 12.9. The Labute approximate surface area is 268 Å². The minimum Gasteiger partial charge on any atom is -0.469 e. The molecule has 2 aromatic heterocycles. The molecule has 4 N–H and O–H groups in total. The number of hydrogen-bond acceptors (Lipinski definition) is 8. The van der Waals surface area contributed by atoms with E-state index < -0.39 is 11.9 Å². The molecule has 1 saturated heterocycles. The second-order valence-electron chi connectivity index (χ2n) is 12.9. The van der Waals surface area contributed by atoms with Crippen LogP contribution in [0.25, 0.3) is 23.8 Å². The maximum Gasteiger partial charge on any atom is 0.321 e. The molecule has 1 fully saturated rings. The van der Waals surface area contributed by atoms with E-state index in [1.54, 1.807) is 6.92 Å². The number of hydrogen-bond donors (Lipinski definition) is 4. The summed E-state index contributed by atoms with van der Waals surface area (Å²) < 4.78 is 10.1. The van der Waals surface area contributed by atoms with E-state index in [1.165, 1.54) is 14.2 Å². The lowest BCUT2D eigenvalue weighted by Crippen LogP contribution is -2.30. The van der Waals surface area contributed by atoms with Crippen LogP contribution in [0.5, 0.6) is 0 Å². The molecule has 0 radical (unpaired) electrons. The van der Waals surface area contributed by atoms with Gasteiger partial charge in [-0.25, -0.2) is 0 Å². The van der Waals surface area contributed by atoms with Crippen LogP contribution in [0, 0.1) is 37.5 Å². The van der Waals surface area contributed by atoms with Crippen LogP contribution >= 0.6 is 0 Å². The third kappa shape index (κ3) is 4.77. The van der Waals surface area contributed by atoms with E-state index in [1.807, 2.05) is 26.8 Å². The SMILES string of the molecule is CC[C@H]1C2/C=c3\[nH]c4c(c3C)C(=O)[C@H](C(=O)OC)C=4C3=C(CCC(=O)OC)[C@H](C)/C(=C/c4[nH]c(c(C(C)=O)c4C)/C=C(\N2)[C@@H]1C)N3. The maximum atomic E-state index is 14.1. The molecule has 1 unspecified atom stereocenters. The Morgan fingerprint density at radius 2 is 1.67 bits per heavy atom. The van der Waals surface area contributed by atoms with Crippen LogP contribution in [0.2, 0.25) is 0 Å². The molecule has 8 bridgehead atoms. The molecular formula is C36H42N4O6. The van der Waals surface area contributed by atoms with Gasteiger partial charge in [-0.2, -0.15) is 0 Å². The summed E-state index contributed by atoms with van der Waals surface area (Å²) in [7, 11) is 2.64. The molecule has 0 aromatic carbocycles. The molecule has 242 valence electrons. The Balaban J connectivity index is 1.69. The molecule has 10 heteroatoms. The van der Waals surface area contributed by atoms with Crippen molar-refractivity contribution in [1.82, 2.24) is 20.6 Å². The Hall–Kier alpha value is -4.60. The number of aromatic nitrogens is 2. The van der Waals surface area contributed by atoms with Gasteiger partial charge in [-0.05, 0) is 68.0 Å². The van der Waals surface area contributed by atoms with Gasteiger partial charge in [0.25, 0.3) is 0 Å². The van der Waals surface area contributed by atoms with Crippen molar-refractivity contribution in [2.75, 3.05) is 14.2 Å². The van der Waals surface area contributed by atoms with E-state index >= 15 is 0 Å². The van der Waals surface area contributed by atoms with Gasteiger partial charge in [-0.3, -0.25) is 19.2 Å². The quantitative estimate of drug-likeness (QED) is 0.217. The predicted molar refractivity (Wildman–Crippen MR) is 174 cm³/mol. The molecule has 46 heavy (non-hydrogen) atoms. The molecule has 1 aliphatic carbocycles. The molecule has 10 nitrogen and oxygen atoms in total. The standard InChI is InChI=1S/C36H42N4O6/c1-9-20-15(2)22-14-27-29(19(6)41)17(4)24(38-27)12-23-16(3)21(10-11-28(42)45-7)33(39-23)31-32(36(44)46-8)35(43)30-18(5)25(40-34(30)31)13-26(20)37-22/h12-16,20,26,32,37-40H,9-11H2,1-8H3/b22-14-,23-12-,25-13-/t15-,16+,20-,26?,32-/m1/s1. The molecule has 0 amide bonds. The summed E-state index contributed by atoms with van der Waals surface area (Å²) in [5.74, 6) is -2.23. The highest BCUT2D eigenvalue weighted by Gasteiger charge is 2.45. The molecule has 2 aromatic rings. The van der Waals surface area contributed by atoms with E-state index in [0.717, 1.165) is 51.3 Å². The summed E-state index contributed by atoms with van der Waals surface area (Å²) in [6.07, 6.45) is 7.60. The zero-order valence-electron chi connectivity index (χ0n) is 27.7. The highest BCUT2D eigenvalue weighted by atomic mass is 16.5. The van der Waals surface area contributed by atoms with Gasteiger partial charge in [0.15, 0.2) is 11.6 Å². The third-order valence-corrected chi connectivity index (χ3v) is 10.5. The summed E-state index contributed by atoms with van der Waals surface area (Å²) in [4.78, 5) is 59.8. The summed E-state index contributed by atoms with van der Waals surface area (Å²) in [6, 6.07) is -0.0335. The summed E-state index contributed by atoms with van der Waals surface area (Å²) in [5, 5.41) is 8.68. The van der Waals surface area contributed by atoms with Gasteiger partial charge in [0.05, 0.1) is 25.3 Å². The monoisotopic (exact) mass is 626 g/mol. The zero-order valence-corrected chi connectivity index (χ0v) is 27.7. The second kappa shape index (κ2) is 11.6. The van der Waals surface area contributed by atoms with Crippen LogP contribution in [0.4, 0.5) is 0 Å². The zero-order chi connectivity index (χ0) is 33.2. The van der Waals surface area contributed by atoms with Crippen molar-refractivity contribution < 1.29 is 28.7 Å². The number of esters is 2. The van der Waals surface area contributed by atoms with E-state index in [4.69, 9.17) is 9.47 Å². The first-order valence-electron chi connectivity index (χ1n) is 16.0. The highest BCUT2D eigenvalue weighted by Crippen LogP contribution is 2.42. The molecule has 6 rings (SSSR count). The first kappa shape index (κ1) is 31.4. The van der Waals surface area contributed by atoms with Crippen LogP contribution in [-0.2, 0) is 19.1 Å². The van der Waals surface area contributed by atoms with Crippen LogP contribution < -0.4 is 21.3 Å². The van der Waals surface area contributed by atoms with Gasteiger partial charge < -0.3 is 30.1 Å². The molecule has 3 aliphatic heterocycles. The number of ketones is 2. The number of fused-ring (bicyclic) bond motifs is 8. The molecule has 5 atom stereocenters. The lowest BCUT2D eigenvalue weighted by Gasteiger charge is -2.17. The lowest BCUT2D eigenvalue weighted by molar-refractivity contribution is -0.142. The van der Waals surface area contributed by atoms with Crippen molar-refractivity contribution in [2.45, 2.75) is 66.8 Å². The van der Waals surface area contributed by atoms with Crippen molar-refractivity contribution in [1.29, 1.82) is 0 Å². The van der Waals surface area contributed by atoms with Crippen LogP contribution in [-0.4, -0.2) is 53.7 Å². The number of aromatic amines is 2. The van der Waals surface area contributed by atoms with E-state index in [9.17, 15) is 19.2 Å². The number of carbonyl (C=O) groups is 4. The van der Waals surface area contributed by atoms with Gasteiger partial charge in [-0.15, -0.1) is 0 Å². The first-order chi connectivity index (χ1) is 21.9. The number of Topliss-reactive ketones (excluding diaryl/α,β-unsaturated/α-hetero) is 2. The Morgan fingerprint density at radius 1 is 0.957 bits per heavy atom. The first-order valence-corrected chi connectivity index (χ1v) is 16.0. The van der Waals surface area contributed by atoms with Crippen molar-refractivity contribution in [3.05, 3.63) is 67.0 Å². The topological polar surface area (TPSA) is 142 Å². The lowest BCUT2D eigenvalue weighted by atomic mass is 9.87. The molecule has 5 heterocycles. The minimum atomic E-state index is -1.16. The average molecular weight is 627 g/mol. The fraction of sp³-hybridized carbons (Fsp3) is 0.444. The van der Waals surface area contributed by atoms with Gasteiger partial charge in [0.2, 0.25) is 0 Å². The summed E-state index contributed by atoms with van der Waals surface area (Å²) >= 11 is 0. The number of nitrogens with one attached hydrogen (secondary N) is 4. The van der Waals surface area contributed by atoms with Gasteiger partial charge >= 0.3 is 11.9 Å². The van der Waals surface area contributed by atoms with E-state index in [0.29, 0.717) is 34.2 Å². The maximum absolute atomic E-state index is 14.1. The van der Waals surface area contributed by atoms with Crippen LogP contribution in [0.15, 0.2) is 22.7 Å². The molecule has 4 aliphatic rings. The number of H-pyrrole nitrogens is 2. The fourth-order valence-electron chi connectivity index (χ4n) is 7.89. The Bertz CT molecular complexity index is 1920. The molecule has 0 spiro atoms. The predicted octanol–water partition coefficient (Wildman–Crippen LogP) is 3.56. The number of methoxy groups -OCH3 is 2. The molecule has 0 saturated carbocycles. The van der Waals surface area contributed by atoms with Crippen molar-refractivity contribution in [3.8, 4) is 0 Å². The number of allylic oxidation sites excluding steroid dienone is 3. The van der Waals surface area contributed by atoms with E-state index in [2.05, 4.69) is 46.6 Å². The minimum absolute atomic E-state index is 0.0309. The largest absolute Gasteiger partial charge is 0.469 e. The number of carbonyl (C=O) groups excluding carboxylic acids is 4. The summed E-state index contributed by atoms with van der Waals surface area (Å²) in [5.41, 5.74) is 8.13. The van der Waals surface area contributed by atoms with Gasteiger partial charge in [0, 0.05) is 69.1 Å². The smallest absolute Gasteiger partial charge is 0.321 e. The van der Waals surface area contributed by atoms with Gasteiger partial charge in [0.1, 0.15) is 5.92 Å².